The summed E-state index contributed by atoms with van der Waals surface area (Å²) in [5.74, 6) is 0.319. The monoisotopic (exact) mass is 324 g/mol. The summed E-state index contributed by atoms with van der Waals surface area (Å²) in [6.07, 6.45) is 1.74. The zero-order valence-electron chi connectivity index (χ0n) is 14.1. The van der Waals surface area contributed by atoms with Gasteiger partial charge < -0.3 is 14.0 Å². The molecule has 0 heterocycles. The predicted octanol–water partition coefficient (Wildman–Crippen LogP) is 4.33. The van der Waals surface area contributed by atoms with Crippen LogP contribution >= 0.6 is 0 Å². The third kappa shape index (κ3) is 5.19. The average molecular weight is 324 g/mol. The van der Waals surface area contributed by atoms with Gasteiger partial charge in [-0.1, -0.05) is 38.5 Å². The topological polar surface area (TPSA) is 63.4 Å². The van der Waals surface area contributed by atoms with E-state index in [0.29, 0.717) is 25.5 Å². The molecule has 0 spiro atoms. The van der Waals surface area contributed by atoms with E-state index in [2.05, 4.69) is 16.8 Å². The van der Waals surface area contributed by atoms with Gasteiger partial charge in [-0.25, -0.2) is 0 Å². The molecule has 1 N–H and O–H groups in total. The highest BCUT2D eigenvalue weighted by Gasteiger charge is 2.38. The fraction of sp³-hybridized carbons (Fsp3) is 0.625. The molecule has 0 aliphatic heterocycles. The second kappa shape index (κ2) is 9.71. The van der Waals surface area contributed by atoms with Gasteiger partial charge in [0.25, 0.3) is 0 Å². The van der Waals surface area contributed by atoms with Gasteiger partial charge in [0.15, 0.2) is 0 Å². The van der Waals surface area contributed by atoms with Crippen LogP contribution in [0.5, 0.6) is 5.75 Å². The van der Waals surface area contributed by atoms with E-state index in [9.17, 15) is 5.11 Å². The van der Waals surface area contributed by atoms with Crippen LogP contribution in [0.15, 0.2) is 28.1 Å². The molecule has 0 saturated heterocycles. The number of benzene rings is 1. The van der Waals surface area contributed by atoms with Crippen LogP contribution < -0.4 is 0 Å². The van der Waals surface area contributed by atoms with Crippen molar-refractivity contribution in [3.8, 4) is 5.75 Å². The van der Waals surface area contributed by atoms with E-state index in [-0.39, 0.29) is 0 Å². The predicted molar refractivity (Wildman–Crippen MR) is 90.1 cm³/mol. The first-order valence-electron chi connectivity index (χ1n) is 8.08. The van der Waals surface area contributed by atoms with Crippen LogP contribution in [0.4, 0.5) is 0 Å². The van der Waals surface area contributed by atoms with Gasteiger partial charge in [-0.05, 0) is 25.8 Å². The Morgan fingerprint density at radius 3 is 2.23 bits per heavy atom. The maximum atomic E-state index is 10.2. The van der Waals surface area contributed by atoms with Gasteiger partial charge in [0.2, 0.25) is 0 Å². The molecule has 1 aromatic rings. The van der Waals surface area contributed by atoms with Gasteiger partial charge in [0.1, 0.15) is 5.75 Å². The van der Waals surface area contributed by atoms with Crippen molar-refractivity contribution in [2.45, 2.75) is 53.1 Å². The summed E-state index contributed by atoms with van der Waals surface area (Å²) < 4.78 is 16.1. The summed E-state index contributed by atoms with van der Waals surface area (Å²) >= 11 is 0. The highest BCUT2D eigenvalue weighted by atomic mass is 28.4. The minimum absolute atomic E-state index is 0.319. The van der Waals surface area contributed by atoms with Crippen molar-refractivity contribution in [1.29, 1.82) is 0 Å². The van der Waals surface area contributed by atoms with Gasteiger partial charge in [-0.2, -0.15) is 9.89 Å². The second-order valence-corrected chi connectivity index (χ2v) is 7.71. The summed E-state index contributed by atoms with van der Waals surface area (Å²) in [7, 11) is -2.61. The Morgan fingerprint density at radius 2 is 1.68 bits per heavy atom. The largest absolute Gasteiger partial charge is 0.507 e. The molecule has 0 bridgehead atoms. The first-order chi connectivity index (χ1) is 10.6. The van der Waals surface area contributed by atoms with Gasteiger partial charge in [-0.15, -0.1) is 0 Å². The molecule has 0 radical (unpaired) electrons. The van der Waals surface area contributed by atoms with Crippen molar-refractivity contribution in [2.24, 2.45) is 9.89 Å². The Balaban J connectivity index is 2.87. The second-order valence-electron chi connectivity index (χ2n) is 5.01. The smallest absolute Gasteiger partial charge is 0.496 e. The number of aromatic hydroxyl groups is 1. The number of phenols is 1. The van der Waals surface area contributed by atoms with E-state index in [1.807, 2.05) is 39.0 Å². The number of nitrogens with zero attached hydrogens (tertiary/aromatic N) is 2. The van der Waals surface area contributed by atoms with E-state index in [4.69, 9.17) is 8.85 Å². The minimum Gasteiger partial charge on any atom is -0.507 e. The molecule has 6 heteroatoms. The summed E-state index contributed by atoms with van der Waals surface area (Å²) in [5.41, 5.74) is 1.72. The minimum atomic E-state index is -2.61. The highest BCUT2D eigenvalue weighted by Crippen LogP contribution is 2.24. The molecule has 1 rings (SSSR count). The van der Waals surface area contributed by atoms with Crippen LogP contribution in [0.2, 0.25) is 6.04 Å². The maximum absolute atomic E-state index is 10.2. The van der Waals surface area contributed by atoms with Crippen molar-refractivity contribution >= 4 is 8.72 Å². The normalized spacial score (nSPS) is 12.2. The standard InChI is InChI=1S/C16H28N2O3Si/c1-5-12-22(20-7-3,21-8-4)18-17-13-15-11-9-10-14(6-2)16(15)19/h9-11,19H,5-8,12-13H2,1-4H3/b18-17+. The van der Waals surface area contributed by atoms with Gasteiger partial charge in [0.05, 0.1) is 6.54 Å². The average Bonchev–Trinajstić information content (AvgIpc) is 2.50. The Morgan fingerprint density at radius 1 is 1.05 bits per heavy atom. The van der Waals surface area contributed by atoms with Crippen molar-refractivity contribution in [1.82, 2.24) is 0 Å². The molecule has 0 fully saturated rings. The Kier molecular flexibility index (Phi) is 8.30. The van der Waals surface area contributed by atoms with E-state index in [0.717, 1.165) is 30.0 Å². The van der Waals surface area contributed by atoms with Crippen LogP contribution in [-0.4, -0.2) is 27.0 Å². The lowest BCUT2D eigenvalue weighted by molar-refractivity contribution is 0.181. The summed E-state index contributed by atoms with van der Waals surface area (Å²) in [6, 6.07) is 6.52. The molecule has 5 nitrogen and oxygen atoms in total. The molecule has 0 unspecified atom stereocenters. The SMILES string of the molecule is CCC[Si](/N=N/Cc1cccc(CC)c1O)(OCC)OCC. The maximum Gasteiger partial charge on any atom is 0.496 e. The third-order valence-corrected chi connectivity index (χ3v) is 6.41. The van der Waals surface area contributed by atoms with Crippen molar-refractivity contribution in [3.05, 3.63) is 29.3 Å². The molecule has 0 aliphatic rings. The number of hydrogen-bond acceptors (Lipinski definition) is 5. The summed E-state index contributed by atoms with van der Waals surface area (Å²) in [6.45, 7) is 9.49. The fourth-order valence-electron chi connectivity index (χ4n) is 2.34. The van der Waals surface area contributed by atoms with E-state index < -0.39 is 8.72 Å². The van der Waals surface area contributed by atoms with Crippen molar-refractivity contribution < 1.29 is 14.0 Å². The van der Waals surface area contributed by atoms with E-state index in [1.54, 1.807) is 0 Å². The number of hydrogen-bond donors (Lipinski definition) is 1. The number of rotatable bonds is 10. The number of para-hydroxylation sites is 1. The summed E-state index contributed by atoms with van der Waals surface area (Å²) in [5, 5.41) is 14.5. The molecule has 0 aliphatic carbocycles. The zero-order valence-corrected chi connectivity index (χ0v) is 15.1. The molecular formula is C16H28N2O3Si. The Labute approximate surface area is 134 Å². The molecule has 0 amide bonds. The first-order valence-corrected chi connectivity index (χ1v) is 10.1. The lowest BCUT2D eigenvalue weighted by Gasteiger charge is -2.23. The van der Waals surface area contributed by atoms with Crippen LogP contribution in [0, 0.1) is 0 Å². The summed E-state index contributed by atoms with van der Waals surface area (Å²) in [4.78, 5) is 0. The molecule has 0 aromatic heterocycles. The van der Waals surface area contributed by atoms with Crippen molar-refractivity contribution in [3.63, 3.8) is 0 Å². The first kappa shape index (κ1) is 18.8. The molecule has 22 heavy (non-hydrogen) atoms. The molecular weight excluding hydrogens is 296 g/mol. The van der Waals surface area contributed by atoms with E-state index >= 15 is 0 Å². The lowest BCUT2D eigenvalue weighted by Crippen LogP contribution is -2.40. The number of phenolic OH excluding ortho intramolecular Hbond substituents is 1. The molecule has 124 valence electrons. The molecule has 0 saturated carbocycles. The highest BCUT2D eigenvalue weighted by molar-refractivity contribution is 6.65. The number of aryl methyl sites for hydroxylation is 1. The van der Waals surface area contributed by atoms with Crippen LogP contribution in [0.25, 0.3) is 0 Å². The van der Waals surface area contributed by atoms with Gasteiger partial charge in [-0.3, -0.25) is 0 Å². The quantitative estimate of drug-likeness (QED) is 0.514. The van der Waals surface area contributed by atoms with Crippen LogP contribution in [-0.2, 0) is 21.8 Å². The molecule has 0 atom stereocenters. The fourth-order valence-corrected chi connectivity index (χ4v) is 4.75. The zero-order chi connectivity index (χ0) is 16.4. The Bertz CT molecular complexity index is 463. The van der Waals surface area contributed by atoms with Gasteiger partial charge in [0, 0.05) is 24.8 Å². The van der Waals surface area contributed by atoms with Crippen molar-refractivity contribution in [2.75, 3.05) is 13.2 Å². The van der Waals surface area contributed by atoms with Crippen LogP contribution in [0.1, 0.15) is 45.2 Å². The molecule has 1 aromatic carbocycles. The third-order valence-electron chi connectivity index (χ3n) is 3.35. The van der Waals surface area contributed by atoms with E-state index in [1.165, 1.54) is 0 Å². The Hall–Kier alpha value is -1.24. The van der Waals surface area contributed by atoms with Gasteiger partial charge >= 0.3 is 8.72 Å². The lowest BCUT2D eigenvalue weighted by atomic mass is 10.1. The van der Waals surface area contributed by atoms with Crippen LogP contribution in [0.3, 0.4) is 0 Å².